The molecule has 0 amide bonds. The van der Waals surface area contributed by atoms with Crippen LogP contribution in [0.25, 0.3) is 0 Å². The van der Waals surface area contributed by atoms with Crippen molar-refractivity contribution in [3.8, 4) is 0 Å². The predicted octanol–water partition coefficient (Wildman–Crippen LogP) is 0.118. The third kappa shape index (κ3) is 3.55. The van der Waals surface area contributed by atoms with Gasteiger partial charge in [0.1, 0.15) is 5.76 Å². The first-order valence-electron chi connectivity index (χ1n) is 4.92. The number of rotatable bonds is 4. The number of aliphatic hydroxyl groups excluding tert-OH is 2. The monoisotopic (exact) mass is 265 g/mol. The van der Waals surface area contributed by atoms with Crippen LogP contribution in [0.5, 0.6) is 0 Å². The maximum absolute atomic E-state index is 10.6. The lowest BCUT2D eigenvalue weighted by atomic mass is 10.00. The van der Waals surface area contributed by atoms with Crippen LogP contribution in [0.15, 0.2) is 23.1 Å². The minimum Gasteiger partial charge on any atom is -0.510 e. The average molecular weight is 265 g/mol. The zero-order valence-electron chi connectivity index (χ0n) is 9.57. The van der Waals surface area contributed by atoms with Crippen molar-refractivity contribution in [3.05, 3.63) is 23.1 Å². The molecule has 0 bridgehead atoms. The van der Waals surface area contributed by atoms with Crippen LogP contribution in [-0.2, 0) is 9.09 Å². The Balaban J connectivity index is 2.90. The molecule has 0 saturated carbocycles. The molecule has 0 aromatic heterocycles. The number of phosphoric ester groups is 1. The molecule has 17 heavy (non-hydrogen) atoms. The minimum absolute atomic E-state index is 0.0261. The Labute approximate surface area is 98.9 Å². The summed E-state index contributed by atoms with van der Waals surface area (Å²) in [5.74, 6) is -0.0261. The second-order valence-electron chi connectivity index (χ2n) is 3.78. The third-order valence-corrected chi connectivity index (χ3v) is 3.07. The highest BCUT2D eigenvalue weighted by atomic mass is 31.2. The highest BCUT2D eigenvalue weighted by molar-refractivity contribution is 7.46. The van der Waals surface area contributed by atoms with E-state index in [0.717, 1.165) is 0 Å². The zero-order chi connectivity index (χ0) is 13.2. The number of nitrogens with zero attached hydrogens (tertiary/aromatic N) is 1. The molecule has 0 aromatic rings. The fraction of sp³-hybridized carbons (Fsp3) is 0.556. The first-order chi connectivity index (χ1) is 7.76. The van der Waals surface area contributed by atoms with Crippen LogP contribution in [-0.4, -0.2) is 51.2 Å². The van der Waals surface area contributed by atoms with Gasteiger partial charge in [0.2, 0.25) is 0 Å². The molecule has 1 heterocycles. The van der Waals surface area contributed by atoms with Crippen LogP contribution in [0.2, 0.25) is 0 Å². The fourth-order valence-electron chi connectivity index (χ4n) is 1.51. The molecule has 8 heteroatoms. The van der Waals surface area contributed by atoms with Gasteiger partial charge in [-0.15, -0.1) is 0 Å². The molecular weight excluding hydrogens is 249 g/mol. The Hall–Kier alpha value is -0.850. The van der Waals surface area contributed by atoms with Crippen LogP contribution in [0, 0.1) is 0 Å². The highest BCUT2D eigenvalue weighted by Gasteiger charge is 2.25. The summed E-state index contributed by atoms with van der Waals surface area (Å²) in [5.41, 5.74) is 0.581. The van der Waals surface area contributed by atoms with E-state index >= 15 is 0 Å². The summed E-state index contributed by atoms with van der Waals surface area (Å²) in [6.07, 6.45) is 1.58. The SMILES string of the molecule is CC1C(O)=C(CO)C(COP(=O)(O)O)=CN1C. The smallest absolute Gasteiger partial charge is 0.469 e. The Morgan fingerprint density at radius 1 is 1.53 bits per heavy atom. The summed E-state index contributed by atoms with van der Waals surface area (Å²) in [4.78, 5) is 18.9. The molecule has 0 aromatic carbocycles. The van der Waals surface area contributed by atoms with Crippen molar-refractivity contribution in [2.45, 2.75) is 13.0 Å². The lowest BCUT2D eigenvalue weighted by molar-refractivity contribution is 0.202. The van der Waals surface area contributed by atoms with E-state index in [4.69, 9.17) is 14.9 Å². The number of hydrogen-bond acceptors (Lipinski definition) is 5. The van der Waals surface area contributed by atoms with Gasteiger partial charge in [0, 0.05) is 24.4 Å². The maximum Gasteiger partial charge on any atom is 0.469 e. The minimum atomic E-state index is -4.57. The highest BCUT2D eigenvalue weighted by Crippen LogP contribution is 2.37. The number of hydrogen-bond donors (Lipinski definition) is 4. The standard InChI is InChI=1S/C9H16NO6P/c1-6-9(12)8(4-11)7(3-10(6)2)5-16-17(13,14)15/h3,6,11-12H,4-5H2,1-2H3,(H2,13,14,15). The van der Waals surface area contributed by atoms with Gasteiger partial charge in [0.15, 0.2) is 0 Å². The summed E-state index contributed by atoms with van der Waals surface area (Å²) in [6.45, 7) is 0.948. The molecule has 0 fully saturated rings. The van der Waals surface area contributed by atoms with Crippen molar-refractivity contribution in [1.29, 1.82) is 0 Å². The van der Waals surface area contributed by atoms with Gasteiger partial charge in [-0.1, -0.05) is 0 Å². The van der Waals surface area contributed by atoms with Gasteiger partial charge in [-0.05, 0) is 6.92 Å². The van der Waals surface area contributed by atoms with E-state index in [9.17, 15) is 9.67 Å². The van der Waals surface area contributed by atoms with Gasteiger partial charge in [-0.25, -0.2) is 4.57 Å². The first kappa shape index (κ1) is 14.2. The van der Waals surface area contributed by atoms with Crippen LogP contribution >= 0.6 is 7.82 Å². The molecule has 1 aliphatic rings. The Morgan fingerprint density at radius 3 is 2.59 bits per heavy atom. The number of phosphoric acid groups is 1. The summed E-state index contributed by atoms with van der Waals surface area (Å²) < 4.78 is 14.9. The van der Waals surface area contributed by atoms with Crippen molar-refractivity contribution in [2.24, 2.45) is 0 Å². The van der Waals surface area contributed by atoms with E-state index in [1.807, 2.05) is 0 Å². The Morgan fingerprint density at radius 2 is 2.12 bits per heavy atom. The molecule has 1 unspecified atom stereocenters. The Kier molecular flexibility index (Phi) is 4.35. The Bertz CT molecular complexity index is 398. The van der Waals surface area contributed by atoms with Gasteiger partial charge in [0.05, 0.1) is 19.3 Å². The zero-order valence-corrected chi connectivity index (χ0v) is 10.5. The van der Waals surface area contributed by atoms with Crippen molar-refractivity contribution < 1.29 is 29.1 Å². The molecule has 0 saturated heterocycles. The van der Waals surface area contributed by atoms with Crippen LogP contribution in [0.4, 0.5) is 0 Å². The van der Waals surface area contributed by atoms with E-state index < -0.39 is 14.4 Å². The van der Waals surface area contributed by atoms with Crippen LogP contribution < -0.4 is 0 Å². The normalized spacial score (nSPS) is 21.8. The number of aliphatic hydroxyl groups is 2. The molecule has 98 valence electrons. The van der Waals surface area contributed by atoms with Gasteiger partial charge in [0.25, 0.3) is 0 Å². The lowest BCUT2D eigenvalue weighted by Gasteiger charge is -2.30. The fourth-order valence-corrected chi connectivity index (χ4v) is 1.81. The molecule has 0 spiro atoms. The summed E-state index contributed by atoms with van der Waals surface area (Å²) in [6, 6.07) is -0.295. The third-order valence-electron chi connectivity index (χ3n) is 2.61. The van der Waals surface area contributed by atoms with E-state index in [1.54, 1.807) is 25.1 Å². The van der Waals surface area contributed by atoms with Gasteiger partial charge in [-0.2, -0.15) is 0 Å². The van der Waals surface area contributed by atoms with Gasteiger partial charge >= 0.3 is 7.82 Å². The average Bonchev–Trinajstić information content (AvgIpc) is 2.22. The molecule has 7 nitrogen and oxygen atoms in total. The summed E-state index contributed by atoms with van der Waals surface area (Å²) in [7, 11) is -2.87. The van der Waals surface area contributed by atoms with Crippen LogP contribution in [0.1, 0.15) is 6.92 Å². The largest absolute Gasteiger partial charge is 0.510 e. The van der Waals surface area contributed by atoms with Crippen molar-refractivity contribution >= 4 is 7.82 Å². The number of likely N-dealkylation sites (N-methyl/N-ethyl adjacent to an activating group) is 1. The van der Waals surface area contributed by atoms with Crippen molar-refractivity contribution in [1.82, 2.24) is 4.90 Å². The van der Waals surface area contributed by atoms with Crippen molar-refractivity contribution in [3.63, 3.8) is 0 Å². The maximum atomic E-state index is 10.6. The van der Waals surface area contributed by atoms with E-state index in [0.29, 0.717) is 5.57 Å². The second kappa shape index (κ2) is 5.20. The second-order valence-corrected chi connectivity index (χ2v) is 5.02. The molecule has 1 rings (SSSR count). The molecule has 1 atom stereocenters. The molecule has 4 N–H and O–H groups in total. The first-order valence-corrected chi connectivity index (χ1v) is 6.45. The van der Waals surface area contributed by atoms with E-state index in [2.05, 4.69) is 4.52 Å². The lowest BCUT2D eigenvalue weighted by Crippen LogP contribution is -2.32. The van der Waals surface area contributed by atoms with Gasteiger partial charge in [-0.3, -0.25) is 4.52 Å². The topological polar surface area (TPSA) is 110 Å². The quantitative estimate of drug-likeness (QED) is 0.534. The predicted molar refractivity (Wildman–Crippen MR) is 60.0 cm³/mol. The van der Waals surface area contributed by atoms with E-state index in [1.165, 1.54) is 0 Å². The van der Waals surface area contributed by atoms with Crippen molar-refractivity contribution in [2.75, 3.05) is 20.3 Å². The molecule has 0 aliphatic carbocycles. The van der Waals surface area contributed by atoms with Crippen LogP contribution in [0.3, 0.4) is 0 Å². The molecule has 1 aliphatic heterocycles. The van der Waals surface area contributed by atoms with Gasteiger partial charge < -0.3 is 24.9 Å². The summed E-state index contributed by atoms with van der Waals surface area (Å²) in [5, 5.41) is 18.9. The van der Waals surface area contributed by atoms with E-state index in [-0.39, 0.29) is 24.0 Å². The molecule has 0 radical (unpaired) electrons. The molecular formula is C9H16NO6P. The summed E-state index contributed by atoms with van der Waals surface area (Å²) >= 11 is 0.